The normalized spacial score (nSPS) is 13.7. The lowest BCUT2D eigenvalue weighted by molar-refractivity contribution is -0.136. The van der Waals surface area contributed by atoms with Crippen LogP contribution in [0.5, 0.6) is 5.75 Å². The number of nitrogens with two attached hydrogens (primary N) is 1. The maximum absolute atomic E-state index is 14.7. The van der Waals surface area contributed by atoms with E-state index in [9.17, 15) is 26.8 Å². The van der Waals surface area contributed by atoms with Crippen LogP contribution in [0.4, 0.5) is 22.0 Å². The Morgan fingerprint density at radius 2 is 1.97 bits per heavy atom. The zero-order valence-electron chi connectivity index (χ0n) is 14.9. The summed E-state index contributed by atoms with van der Waals surface area (Å²) < 4.78 is 76.5. The van der Waals surface area contributed by atoms with E-state index in [0.717, 1.165) is 0 Å². The highest BCUT2D eigenvalue weighted by Gasteiger charge is 2.46. The summed E-state index contributed by atoms with van der Waals surface area (Å²) in [5, 5.41) is 7.82. The summed E-state index contributed by atoms with van der Waals surface area (Å²) in [6, 6.07) is 2.70. The highest BCUT2D eigenvalue weighted by Crippen LogP contribution is 2.61. The van der Waals surface area contributed by atoms with E-state index in [-0.39, 0.29) is 51.3 Å². The van der Waals surface area contributed by atoms with Crippen molar-refractivity contribution in [1.29, 1.82) is 5.41 Å². The topological polar surface area (TPSA) is 88.6 Å². The van der Waals surface area contributed by atoms with Crippen LogP contribution < -0.4 is 10.5 Å². The average Bonchev–Trinajstić information content (AvgIpc) is 2.95. The molecule has 5 nitrogen and oxygen atoms in total. The van der Waals surface area contributed by atoms with E-state index in [1.165, 1.54) is 19.1 Å². The van der Waals surface area contributed by atoms with Crippen LogP contribution in [0.1, 0.15) is 30.2 Å². The zero-order chi connectivity index (χ0) is 22.0. The molecule has 0 spiro atoms. The smallest absolute Gasteiger partial charge is 0.389 e. The van der Waals surface area contributed by atoms with Gasteiger partial charge in [0.1, 0.15) is 11.6 Å². The fraction of sp³-hybridized carbons (Fsp3) is 0.438. The fourth-order valence-electron chi connectivity index (χ4n) is 2.34. The first-order valence-corrected chi connectivity index (χ1v) is 11.0. The summed E-state index contributed by atoms with van der Waals surface area (Å²) in [5.41, 5.74) is 1.94. The first-order valence-electron chi connectivity index (χ1n) is 8.18. The molecule has 0 saturated heterocycles. The summed E-state index contributed by atoms with van der Waals surface area (Å²) in [4.78, 5) is 9.21. The van der Waals surface area contributed by atoms with E-state index in [0.29, 0.717) is 11.3 Å². The Morgan fingerprint density at radius 3 is 2.52 bits per heavy atom. The average molecular weight is 523 g/mol. The van der Waals surface area contributed by atoms with Gasteiger partial charge in [-0.25, -0.2) is 0 Å². The van der Waals surface area contributed by atoms with Crippen molar-refractivity contribution in [2.24, 2.45) is 5.73 Å². The highest BCUT2D eigenvalue weighted by molar-refractivity contribution is 9.10. The van der Waals surface area contributed by atoms with Gasteiger partial charge in [0.25, 0.3) is 0 Å². The molecular formula is C16H17BrF5N2O3PS. The number of nitrogens with one attached hydrogen (secondary N) is 1. The van der Waals surface area contributed by atoms with Gasteiger partial charge in [0.2, 0.25) is 8.38 Å². The minimum absolute atomic E-state index is 0.0290. The van der Waals surface area contributed by atoms with Gasteiger partial charge in [0, 0.05) is 21.8 Å². The lowest BCUT2D eigenvalue weighted by atomic mass is 10.1. The summed E-state index contributed by atoms with van der Waals surface area (Å²) in [6.45, 7) is 1.05. The van der Waals surface area contributed by atoms with Gasteiger partial charge in [-0.2, -0.15) is 22.0 Å². The number of hydrogen-bond donors (Lipinski definition) is 3. The van der Waals surface area contributed by atoms with Crippen LogP contribution in [0.2, 0.25) is 0 Å². The van der Waals surface area contributed by atoms with Crippen molar-refractivity contribution in [2.45, 2.75) is 31.6 Å². The Morgan fingerprint density at radius 1 is 1.31 bits per heavy atom. The van der Waals surface area contributed by atoms with Crippen molar-refractivity contribution < 1.29 is 36.1 Å². The summed E-state index contributed by atoms with van der Waals surface area (Å²) >= 11 is 3.71. The van der Waals surface area contributed by atoms with E-state index in [4.69, 9.17) is 15.9 Å². The van der Waals surface area contributed by atoms with Crippen LogP contribution in [0, 0.1) is 5.41 Å². The Hall–Kier alpha value is -1.07. The minimum atomic E-state index is -4.33. The molecule has 2 rings (SSSR count). The van der Waals surface area contributed by atoms with E-state index >= 15 is 0 Å². The quantitative estimate of drug-likeness (QED) is 0.123. The molecule has 0 radical (unpaired) electrons. The van der Waals surface area contributed by atoms with Gasteiger partial charge in [-0.05, 0) is 41.4 Å². The number of alkyl halides is 5. The van der Waals surface area contributed by atoms with Crippen LogP contribution in [-0.4, -0.2) is 30.1 Å². The molecule has 0 amide bonds. The van der Waals surface area contributed by atoms with Crippen LogP contribution in [-0.2, 0) is 10.2 Å². The maximum atomic E-state index is 14.7. The molecular weight excluding hydrogens is 506 g/mol. The van der Waals surface area contributed by atoms with Gasteiger partial charge in [-0.3, -0.25) is 5.41 Å². The maximum Gasteiger partial charge on any atom is 0.389 e. The monoisotopic (exact) mass is 522 g/mol. The molecule has 13 heteroatoms. The summed E-state index contributed by atoms with van der Waals surface area (Å²) in [6.07, 6.45) is -5.71. The van der Waals surface area contributed by atoms with Crippen LogP contribution in [0.25, 0.3) is 10.1 Å². The first kappa shape index (κ1) is 24.2. The van der Waals surface area contributed by atoms with Crippen molar-refractivity contribution in [1.82, 2.24) is 0 Å². The lowest BCUT2D eigenvalue weighted by Gasteiger charge is -2.20. The van der Waals surface area contributed by atoms with Crippen LogP contribution in [0.15, 0.2) is 16.6 Å². The summed E-state index contributed by atoms with van der Waals surface area (Å²) in [7, 11) is -3.10. The highest BCUT2D eigenvalue weighted by atomic mass is 79.9. The first-order chi connectivity index (χ1) is 13.4. The number of hydrogen-bond acceptors (Lipinski definition) is 5. The lowest BCUT2D eigenvalue weighted by Crippen LogP contribution is -2.12. The third kappa shape index (κ3) is 5.75. The second-order valence-corrected chi connectivity index (χ2v) is 8.99. The van der Waals surface area contributed by atoms with Crippen molar-refractivity contribution in [3.63, 3.8) is 0 Å². The summed E-state index contributed by atoms with van der Waals surface area (Å²) in [5.74, 6) is -0.335. The Balaban J connectivity index is 2.46. The predicted molar refractivity (Wildman–Crippen MR) is 106 cm³/mol. The zero-order valence-corrected chi connectivity index (χ0v) is 18.2. The van der Waals surface area contributed by atoms with Crippen LogP contribution >= 0.6 is 35.6 Å². The van der Waals surface area contributed by atoms with Crippen molar-refractivity contribution >= 4 is 51.6 Å². The molecule has 0 aliphatic heterocycles. The van der Waals surface area contributed by atoms with Crippen LogP contribution in [0.3, 0.4) is 0 Å². The Labute approximate surface area is 176 Å². The van der Waals surface area contributed by atoms with Gasteiger partial charge in [-0.15, -0.1) is 11.3 Å². The Bertz CT molecular complexity index is 894. The molecule has 29 heavy (non-hydrogen) atoms. The molecule has 1 heterocycles. The standard InChI is InChI=1S/C16H17BrF5N2O3PS/c1-2-27-28(25)16(21,22)13-11(17)9-6-8(14(23)24)7-10(12(9)29-13)26-5-3-4-15(18,19)20/h6-7,25H,2-5H2,1H3,(H3,23,24). The van der Waals surface area contributed by atoms with Gasteiger partial charge in [0.05, 0.1) is 22.8 Å². The predicted octanol–water partition coefficient (Wildman–Crippen LogP) is 6.06. The molecule has 162 valence electrons. The molecule has 1 atom stereocenters. The molecule has 1 unspecified atom stereocenters. The number of halogens is 6. The number of fused-ring (bicyclic) bond motifs is 1. The molecule has 1 aromatic carbocycles. The second-order valence-electron chi connectivity index (χ2n) is 5.81. The number of amidine groups is 1. The van der Waals surface area contributed by atoms with E-state index in [1.807, 2.05) is 0 Å². The number of thiophene rings is 1. The van der Waals surface area contributed by atoms with Crippen molar-refractivity contribution in [3.8, 4) is 5.75 Å². The number of rotatable bonds is 9. The van der Waals surface area contributed by atoms with E-state index < -0.39 is 31.5 Å². The molecule has 2 aromatic rings. The fourth-order valence-corrected chi connectivity index (χ4v) is 5.51. The van der Waals surface area contributed by atoms with Crippen molar-refractivity contribution in [3.05, 3.63) is 27.0 Å². The Kier molecular flexibility index (Phi) is 7.83. The van der Waals surface area contributed by atoms with E-state index in [1.54, 1.807) is 0 Å². The third-order valence-corrected chi connectivity index (χ3v) is 7.37. The van der Waals surface area contributed by atoms with Gasteiger partial charge >= 0.3 is 11.8 Å². The molecule has 4 N–H and O–H groups in total. The number of benzene rings is 1. The van der Waals surface area contributed by atoms with Gasteiger partial charge in [0.15, 0.2) is 0 Å². The number of nitrogen functional groups attached to an aromatic ring is 1. The number of ether oxygens (including phenoxy) is 1. The van der Waals surface area contributed by atoms with Gasteiger partial charge in [-0.1, -0.05) is 0 Å². The molecule has 0 fully saturated rings. The molecule has 0 bridgehead atoms. The second kappa shape index (κ2) is 9.38. The molecule has 0 saturated carbocycles. The minimum Gasteiger partial charge on any atom is -0.492 e. The third-order valence-electron chi connectivity index (χ3n) is 3.63. The molecule has 0 aliphatic rings. The van der Waals surface area contributed by atoms with Gasteiger partial charge < -0.3 is 19.9 Å². The molecule has 0 aliphatic carbocycles. The van der Waals surface area contributed by atoms with E-state index in [2.05, 4.69) is 20.5 Å². The largest absolute Gasteiger partial charge is 0.492 e. The van der Waals surface area contributed by atoms with Crippen molar-refractivity contribution in [2.75, 3.05) is 13.2 Å². The SMILES string of the molecule is CCOP(O)C(F)(F)c1sc2c(OCCCC(F)(F)F)cc(C(=N)N)cc2c1Br. The molecule has 1 aromatic heterocycles.